The van der Waals surface area contributed by atoms with E-state index in [0.717, 1.165) is 5.69 Å². The molecule has 0 fully saturated rings. The molecule has 0 bridgehead atoms. The van der Waals surface area contributed by atoms with Crippen molar-refractivity contribution in [3.8, 4) is 0 Å². The molecule has 4 heteroatoms. The number of thioether (sulfide) groups is 1. The number of allylic oxidation sites excluding steroid dienone is 1. The van der Waals surface area contributed by atoms with E-state index in [0.29, 0.717) is 0 Å². The SMILES string of the molecule is C/C=C/CSCCCCCc1ccc2[nH][nH]c2c1.CC(C)(C)c1cccc(N)c1. The van der Waals surface area contributed by atoms with Gasteiger partial charge in [-0.25, -0.2) is 0 Å². The number of fused-ring (bicyclic) bond motifs is 1. The number of aromatic nitrogens is 2. The normalized spacial score (nSPS) is 11.7. The third-order valence-corrected chi connectivity index (χ3v) is 5.88. The standard InChI is InChI=1S/C15H22N2S.C10H15N/c1-2-3-10-18-11-6-4-5-7-13-8-9-14-15(12-13)17-16-14;1-10(2,3)8-5-4-6-9(11)7-8/h2-3,8-9,12,16-17H,4-7,10-11H2,1H3;4-7H,11H2,1-3H3/b3-2+;. The molecule has 3 nitrogen and oxygen atoms in total. The van der Waals surface area contributed by atoms with Crippen LogP contribution < -0.4 is 5.73 Å². The number of hydrogen-bond acceptors (Lipinski definition) is 2. The zero-order chi connectivity index (χ0) is 21.1. The average Bonchev–Trinajstić information content (AvgIpc) is 2.66. The lowest BCUT2D eigenvalue weighted by atomic mass is 9.87. The second-order valence-corrected chi connectivity index (χ2v) is 9.61. The van der Waals surface area contributed by atoms with Gasteiger partial charge in [0, 0.05) is 11.4 Å². The first-order valence-corrected chi connectivity index (χ1v) is 11.8. The van der Waals surface area contributed by atoms with Crippen LogP contribution >= 0.6 is 11.8 Å². The van der Waals surface area contributed by atoms with Crippen LogP contribution in [0.2, 0.25) is 0 Å². The van der Waals surface area contributed by atoms with Gasteiger partial charge in [0.1, 0.15) is 0 Å². The lowest BCUT2D eigenvalue weighted by Gasteiger charge is -2.18. The molecule has 4 N–H and O–H groups in total. The summed E-state index contributed by atoms with van der Waals surface area (Å²) >= 11 is 2.03. The van der Waals surface area contributed by atoms with Gasteiger partial charge in [-0.3, -0.25) is 10.2 Å². The number of aromatic amines is 2. The Balaban J connectivity index is 0.000000234. The average molecular weight is 412 g/mol. The number of benzene rings is 2. The van der Waals surface area contributed by atoms with E-state index < -0.39 is 0 Å². The van der Waals surface area contributed by atoms with Crippen LogP contribution in [0.1, 0.15) is 58.1 Å². The van der Waals surface area contributed by atoms with E-state index in [-0.39, 0.29) is 5.41 Å². The molecule has 3 rings (SSSR count). The minimum Gasteiger partial charge on any atom is -0.399 e. The van der Waals surface area contributed by atoms with Gasteiger partial charge >= 0.3 is 0 Å². The van der Waals surface area contributed by atoms with Crippen molar-refractivity contribution in [3.63, 3.8) is 0 Å². The number of anilines is 1. The summed E-state index contributed by atoms with van der Waals surface area (Å²) in [5, 5.41) is 6.16. The van der Waals surface area contributed by atoms with Crippen LogP contribution in [-0.4, -0.2) is 21.7 Å². The molecule has 0 radical (unpaired) electrons. The first-order valence-electron chi connectivity index (χ1n) is 10.6. The lowest BCUT2D eigenvalue weighted by Crippen LogP contribution is -2.10. The smallest absolute Gasteiger partial charge is 0.0791 e. The molecule has 3 aromatic rings. The van der Waals surface area contributed by atoms with Gasteiger partial charge in [0.05, 0.1) is 11.0 Å². The van der Waals surface area contributed by atoms with Crippen molar-refractivity contribution in [3.05, 3.63) is 65.7 Å². The van der Waals surface area contributed by atoms with Crippen molar-refractivity contribution >= 4 is 28.5 Å². The van der Waals surface area contributed by atoms with Crippen molar-refractivity contribution in [2.45, 2.75) is 58.8 Å². The number of aryl methyl sites for hydroxylation is 1. The van der Waals surface area contributed by atoms with Gasteiger partial charge in [-0.15, -0.1) is 0 Å². The van der Waals surface area contributed by atoms with Crippen LogP contribution in [0.3, 0.4) is 0 Å². The van der Waals surface area contributed by atoms with E-state index in [1.54, 1.807) is 0 Å². The van der Waals surface area contributed by atoms with E-state index in [1.165, 1.54) is 59.3 Å². The summed E-state index contributed by atoms with van der Waals surface area (Å²) in [4.78, 5) is 0. The van der Waals surface area contributed by atoms with Gasteiger partial charge in [-0.05, 0) is 72.7 Å². The molecular weight excluding hydrogens is 374 g/mol. The Labute approximate surface area is 180 Å². The zero-order valence-corrected chi connectivity index (χ0v) is 19.2. The molecule has 2 aromatic carbocycles. The predicted molar refractivity (Wildman–Crippen MR) is 132 cm³/mol. The molecule has 1 heterocycles. The van der Waals surface area contributed by atoms with Crippen molar-refractivity contribution in [2.75, 3.05) is 17.2 Å². The summed E-state index contributed by atoms with van der Waals surface area (Å²) in [5.74, 6) is 2.46. The van der Waals surface area contributed by atoms with E-state index in [4.69, 9.17) is 5.73 Å². The van der Waals surface area contributed by atoms with Crippen molar-refractivity contribution < 1.29 is 0 Å². The molecule has 0 atom stereocenters. The third kappa shape index (κ3) is 8.45. The fourth-order valence-corrected chi connectivity index (χ4v) is 3.90. The highest BCUT2D eigenvalue weighted by atomic mass is 32.2. The summed E-state index contributed by atoms with van der Waals surface area (Å²) in [7, 11) is 0. The second-order valence-electron chi connectivity index (χ2n) is 8.46. The van der Waals surface area contributed by atoms with Crippen LogP contribution in [0.4, 0.5) is 5.69 Å². The minimum absolute atomic E-state index is 0.204. The Morgan fingerprint density at radius 1 is 0.966 bits per heavy atom. The first-order chi connectivity index (χ1) is 13.9. The van der Waals surface area contributed by atoms with Crippen molar-refractivity contribution in [2.24, 2.45) is 0 Å². The summed E-state index contributed by atoms with van der Waals surface area (Å²) in [6.45, 7) is 8.63. The fraction of sp³-hybridized carbons (Fsp3) is 0.440. The van der Waals surface area contributed by atoms with Crippen LogP contribution in [-0.2, 0) is 11.8 Å². The molecular formula is C25H37N3S. The topological polar surface area (TPSA) is 57.6 Å². The number of unbranched alkanes of at least 4 members (excludes halogenated alkanes) is 2. The maximum Gasteiger partial charge on any atom is 0.0791 e. The number of rotatable bonds is 8. The largest absolute Gasteiger partial charge is 0.399 e. The molecule has 0 saturated heterocycles. The number of nitrogens with one attached hydrogen (secondary N) is 2. The lowest BCUT2D eigenvalue weighted by molar-refractivity contribution is 0.590. The van der Waals surface area contributed by atoms with Gasteiger partial charge in [0.15, 0.2) is 0 Å². The van der Waals surface area contributed by atoms with Gasteiger partial charge in [-0.2, -0.15) is 11.8 Å². The summed E-state index contributed by atoms with van der Waals surface area (Å²) in [6.07, 6.45) is 9.54. The van der Waals surface area contributed by atoms with Crippen LogP contribution in [0, 0.1) is 0 Å². The molecule has 0 saturated carbocycles. The zero-order valence-electron chi connectivity index (χ0n) is 18.4. The maximum absolute atomic E-state index is 5.66. The molecule has 158 valence electrons. The van der Waals surface area contributed by atoms with Gasteiger partial charge in [0.25, 0.3) is 0 Å². The Morgan fingerprint density at radius 2 is 1.76 bits per heavy atom. The second kappa shape index (κ2) is 11.8. The maximum atomic E-state index is 5.66. The molecule has 0 amide bonds. The highest BCUT2D eigenvalue weighted by molar-refractivity contribution is 7.99. The summed E-state index contributed by atoms with van der Waals surface area (Å²) < 4.78 is 0. The molecule has 0 aliphatic rings. The van der Waals surface area contributed by atoms with E-state index in [2.05, 4.69) is 74.3 Å². The molecule has 0 aliphatic carbocycles. The Hall–Kier alpha value is -2.07. The summed E-state index contributed by atoms with van der Waals surface area (Å²) in [6, 6.07) is 14.7. The molecule has 0 aliphatic heterocycles. The molecule has 29 heavy (non-hydrogen) atoms. The van der Waals surface area contributed by atoms with Crippen LogP contribution in [0.25, 0.3) is 11.0 Å². The van der Waals surface area contributed by atoms with Gasteiger partial charge in [0.2, 0.25) is 0 Å². The summed E-state index contributed by atoms with van der Waals surface area (Å²) in [5.41, 5.74) is 11.9. The number of nitrogens with two attached hydrogens (primary N) is 1. The van der Waals surface area contributed by atoms with Crippen LogP contribution in [0.5, 0.6) is 0 Å². The quantitative estimate of drug-likeness (QED) is 0.211. The number of nitrogen functional groups attached to an aromatic ring is 1. The first kappa shape index (κ1) is 23.2. The fourth-order valence-electron chi connectivity index (χ4n) is 2.99. The molecule has 0 spiro atoms. The van der Waals surface area contributed by atoms with Crippen LogP contribution in [0.15, 0.2) is 54.6 Å². The van der Waals surface area contributed by atoms with E-state index in [9.17, 15) is 0 Å². The number of hydrogen-bond donors (Lipinski definition) is 3. The van der Waals surface area contributed by atoms with E-state index >= 15 is 0 Å². The Kier molecular flexibility index (Phi) is 9.46. The van der Waals surface area contributed by atoms with Crippen molar-refractivity contribution in [1.29, 1.82) is 0 Å². The Morgan fingerprint density at radius 3 is 2.34 bits per heavy atom. The Bertz CT molecular complexity index is 867. The molecule has 1 aromatic heterocycles. The minimum atomic E-state index is 0.204. The number of H-pyrrole nitrogens is 2. The highest BCUT2D eigenvalue weighted by Gasteiger charge is 2.12. The highest BCUT2D eigenvalue weighted by Crippen LogP contribution is 2.23. The monoisotopic (exact) mass is 411 g/mol. The molecule has 0 unspecified atom stereocenters. The van der Waals surface area contributed by atoms with Crippen molar-refractivity contribution in [1.82, 2.24) is 10.2 Å². The van der Waals surface area contributed by atoms with E-state index in [1.807, 2.05) is 30.0 Å². The predicted octanol–water partition coefficient (Wildman–Crippen LogP) is 7.08. The third-order valence-electron chi connectivity index (χ3n) is 4.87. The van der Waals surface area contributed by atoms with Gasteiger partial charge in [-0.1, -0.05) is 57.5 Å². The van der Waals surface area contributed by atoms with Gasteiger partial charge < -0.3 is 5.73 Å².